The third kappa shape index (κ3) is 2.74. The third-order valence-electron chi connectivity index (χ3n) is 5.13. The molecule has 0 saturated carbocycles. The number of pyridine rings is 2. The number of amides is 1. The summed E-state index contributed by atoms with van der Waals surface area (Å²) >= 11 is 0. The van der Waals surface area contributed by atoms with Crippen molar-refractivity contribution in [2.45, 2.75) is 13.0 Å². The quantitative estimate of drug-likeness (QED) is 0.548. The number of nitrogens with zero attached hydrogens (tertiary/aromatic N) is 4. The maximum atomic E-state index is 14.4. The molecule has 1 amide bonds. The van der Waals surface area contributed by atoms with Crippen LogP contribution in [-0.2, 0) is 13.0 Å². The first-order valence-corrected chi connectivity index (χ1v) is 9.14. The number of benzene rings is 1. The van der Waals surface area contributed by atoms with Gasteiger partial charge in [-0.15, -0.1) is 0 Å². The van der Waals surface area contributed by atoms with Gasteiger partial charge in [-0.2, -0.15) is 0 Å². The van der Waals surface area contributed by atoms with Crippen LogP contribution in [0.25, 0.3) is 16.8 Å². The van der Waals surface area contributed by atoms with Crippen molar-refractivity contribution in [3.05, 3.63) is 89.9 Å². The molecule has 1 aliphatic rings. The van der Waals surface area contributed by atoms with Crippen molar-refractivity contribution in [1.82, 2.24) is 19.3 Å². The lowest BCUT2D eigenvalue weighted by Gasteiger charge is -2.14. The second-order valence-electron chi connectivity index (χ2n) is 6.87. The molecule has 0 unspecified atom stereocenters. The van der Waals surface area contributed by atoms with Crippen LogP contribution in [0.3, 0.4) is 0 Å². The van der Waals surface area contributed by atoms with Crippen LogP contribution in [0.15, 0.2) is 67.3 Å². The van der Waals surface area contributed by atoms with E-state index in [2.05, 4.69) is 9.97 Å². The van der Waals surface area contributed by atoms with Crippen molar-refractivity contribution in [1.29, 1.82) is 0 Å². The smallest absolute Gasteiger partial charge is 0.255 e. The minimum Gasteiger partial charge on any atom is -0.334 e. The molecule has 0 radical (unpaired) electrons. The lowest BCUT2D eigenvalue weighted by Crippen LogP contribution is -2.26. The van der Waals surface area contributed by atoms with Crippen molar-refractivity contribution in [2.75, 3.05) is 6.54 Å². The largest absolute Gasteiger partial charge is 0.334 e. The highest BCUT2D eigenvalue weighted by molar-refractivity contribution is 6.04. The number of aromatic nitrogens is 3. The molecule has 3 aromatic heterocycles. The molecule has 5 rings (SSSR count). The van der Waals surface area contributed by atoms with Gasteiger partial charge >= 0.3 is 0 Å². The Morgan fingerprint density at radius 3 is 2.86 bits per heavy atom. The Bertz CT molecular complexity index is 1150. The summed E-state index contributed by atoms with van der Waals surface area (Å²) in [6.07, 6.45) is 7.89. The summed E-state index contributed by atoms with van der Waals surface area (Å²) in [4.78, 5) is 23.4. The summed E-state index contributed by atoms with van der Waals surface area (Å²) < 4.78 is 16.4. The lowest BCUT2D eigenvalue weighted by molar-refractivity contribution is 0.0780. The van der Waals surface area contributed by atoms with Crippen molar-refractivity contribution in [3.8, 4) is 11.1 Å². The van der Waals surface area contributed by atoms with E-state index in [1.54, 1.807) is 23.4 Å². The molecule has 0 fully saturated rings. The molecular weight excluding hydrogens is 355 g/mol. The van der Waals surface area contributed by atoms with Crippen molar-refractivity contribution >= 4 is 11.6 Å². The zero-order valence-corrected chi connectivity index (χ0v) is 15.0. The maximum Gasteiger partial charge on any atom is 0.255 e. The van der Waals surface area contributed by atoms with Gasteiger partial charge in [0.05, 0.1) is 11.3 Å². The highest BCUT2D eigenvalue weighted by atomic mass is 19.1. The SMILES string of the molecule is O=C1c2c(-c3cccnc3)ccc(F)c2CN1CCc1cn2ccccc2n1. The van der Waals surface area contributed by atoms with E-state index >= 15 is 0 Å². The molecule has 0 spiro atoms. The average Bonchev–Trinajstić information content (AvgIpc) is 3.29. The monoisotopic (exact) mass is 372 g/mol. The minimum absolute atomic E-state index is 0.142. The highest BCUT2D eigenvalue weighted by Crippen LogP contribution is 2.34. The molecule has 0 N–H and O–H groups in total. The van der Waals surface area contributed by atoms with Crippen molar-refractivity contribution in [2.24, 2.45) is 0 Å². The first-order chi connectivity index (χ1) is 13.7. The molecule has 0 aliphatic carbocycles. The predicted molar refractivity (Wildman–Crippen MR) is 103 cm³/mol. The number of rotatable bonds is 4. The number of halogens is 1. The molecule has 1 aliphatic heterocycles. The van der Waals surface area contributed by atoms with Gasteiger partial charge in [0.1, 0.15) is 11.5 Å². The Labute approximate surface area is 161 Å². The molecule has 1 aromatic carbocycles. The van der Waals surface area contributed by atoms with Gasteiger partial charge in [-0.1, -0.05) is 18.2 Å². The average molecular weight is 372 g/mol. The van der Waals surface area contributed by atoms with E-state index in [0.29, 0.717) is 24.1 Å². The summed E-state index contributed by atoms with van der Waals surface area (Å²) in [6.45, 7) is 0.769. The van der Waals surface area contributed by atoms with Gasteiger partial charge in [-0.3, -0.25) is 9.78 Å². The van der Waals surface area contributed by atoms with E-state index in [0.717, 1.165) is 22.5 Å². The molecule has 138 valence electrons. The van der Waals surface area contributed by atoms with Gasteiger partial charge in [0.15, 0.2) is 0 Å². The van der Waals surface area contributed by atoms with Gasteiger partial charge in [0.25, 0.3) is 5.91 Å². The van der Waals surface area contributed by atoms with Crippen LogP contribution in [0.5, 0.6) is 0 Å². The Morgan fingerprint density at radius 2 is 2.04 bits per heavy atom. The Morgan fingerprint density at radius 1 is 1.11 bits per heavy atom. The van der Waals surface area contributed by atoms with E-state index < -0.39 is 0 Å². The number of carbonyl (C=O) groups is 1. The molecule has 5 nitrogen and oxygen atoms in total. The van der Waals surface area contributed by atoms with Gasteiger partial charge in [0.2, 0.25) is 0 Å². The Hall–Kier alpha value is -3.54. The fourth-order valence-corrected chi connectivity index (χ4v) is 3.74. The topological polar surface area (TPSA) is 50.5 Å². The number of hydrogen-bond acceptors (Lipinski definition) is 3. The fourth-order valence-electron chi connectivity index (χ4n) is 3.74. The van der Waals surface area contributed by atoms with E-state index in [1.807, 2.05) is 47.1 Å². The molecule has 4 heterocycles. The van der Waals surface area contributed by atoms with Gasteiger partial charge in [-0.25, -0.2) is 9.37 Å². The highest BCUT2D eigenvalue weighted by Gasteiger charge is 2.32. The third-order valence-corrected chi connectivity index (χ3v) is 5.13. The van der Waals surface area contributed by atoms with Crippen LogP contribution in [0, 0.1) is 5.82 Å². The van der Waals surface area contributed by atoms with E-state index in [4.69, 9.17) is 0 Å². The van der Waals surface area contributed by atoms with Crippen molar-refractivity contribution in [3.63, 3.8) is 0 Å². The summed E-state index contributed by atoms with van der Waals surface area (Å²) in [7, 11) is 0. The fraction of sp³-hybridized carbons (Fsp3) is 0.136. The molecule has 0 bridgehead atoms. The van der Waals surface area contributed by atoms with Crippen LogP contribution >= 0.6 is 0 Å². The van der Waals surface area contributed by atoms with Crippen LogP contribution in [0.1, 0.15) is 21.6 Å². The van der Waals surface area contributed by atoms with Crippen LogP contribution in [0.4, 0.5) is 4.39 Å². The second kappa shape index (κ2) is 6.56. The minimum atomic E-state index is -0.341. The normalized spacial score (nSPS) is 13.3. The van der Waals surface area contributed by atoms with E-state index in [-0.39, 0.29) is 18.3 Å². The molecule has 4 aromatic rings. The zero-order chi connectivity index (χ0) is 19.1. The molecular formula is C22H17FN4O. The van der Waals surface area contributed by atoms with Crippen LogP contribution < -0.4 is 0 Å². The molecule has 28 heavy (non-hydrogen) atoms. The van der Waals surface area contributed by atoms with Crippen LogP contribution in [0.2, 0.25) is 0 Å². The van der Waals surface area contributed by atoms with Crippen LogP contribution in [-0.4, -0.2) is 31.7 Å². The zero-order valence-electron chi connectivity index (χ0n) is 15.0. The summed E-state index contributed by atoms with van der Waals surface area (Å²) in [5.74, 6) is -0.483. The number of imidazole rings is 1. The van der Waals surface area contributed by atoms with Gasteiger partial charge in [0, 0.05) is 55.4 Å². The summed E-state index contributed by atoms with van der Waals surface area (Å²) in [5.41, 5.74) is 4.23. The summed E-state index contributed by atoms with van der Waals surface area (Å²) in [5, 5.41) is 0. The van der Waals surface area contributed by atoms with Gasteiger partial charge in [-0.05, 0) is 29.8 Å². The van der Waals surface area contributed by atoms with Crippen molar-refractivity contribution < 1.29 is 9.18 Å². The number of fused-ring (bicyclic) bond motifs is 2. The Kier molecular flexibility index (Phi) is 3.90. The number of carbonyl (C=O) groups excluding carboxylic acids is 1. The second-order valence-corrected chi connectivity index (χ2v) is 6.87. The first-order valence-electron chi connectivity index (χ1n) is 9.14. The predicted octanol–water partition coefficient (Wildman–Crippen LogP) is 3.73. The number of hydrogen-bond donors (Lipinski definition) is 0. The maximum absolute atomic E-state index is 14.4. The molecule has 6 heteroatoms. The molecule has 0 saturated heterocycles. The molecule has 0 atom stereocenters. The lowest BCUT2D eigenvalue weighted by atomic mass is 9.97. The standard InChI is InChI=1S/C22H17FN4O/c23-19-7-6-17(15-4-3-9-24-12-15)21-18(19)14-27(22(21)28)11-8-16-13-26-10-2-1-5-20(26)25-16/h1-7,9-10,12-13H,8,11,14H2. The first kappa shape index (κ1) is 16.6. The van der Waals surface area contributed by atoms with E-state index in [1.165, 1.54) is 6.07 Å². The van der Waals surface area contributed by atoms with E-state index in [9.17, 15) is 9.18 Å². The Balaban J connectivity index is 1.42. The summed E-state index contributed by atoms with van der Waals surface area (Å²) in [6, 6.07) is 12.6. The van der Waals surface area contributed by atoms with Gasteiger partial charge < -0.3 is 9.30 Å².